The second-order valence-corrected chi connectivity index (χ2v) is 8.77. The number of likely N-dealkylation sites (N-methyl/N-ethyl adjacent to an activating group) is 1. The molecule has 0 bridgehead atoms. The molecule has 2 aliphatic heterocycles. The van der Waals surface area contributed by atoms with Crippen molar-refractivity contribution in [2.75, 3.05) is 55.1 Å². The minimum Gasteiger partial charge on any atom is -0.369 e. The van der Waals surface area contributed by atoms with E-state index in [4.69, 9.17) is 4.84 Å². The largest absolute Gasteiger partial charge is 0.421 e. The number of rotatable bonds is 5. The van der Waals surface area contributed by atoms with E-state index in [0.717, 1.165) is 43.6 Å². The summed E-state index contributed by atoms with van der Waals surface area (Å²) in [6.45, 7) is 4.22. The third-order valence-electron chi connectivity index (χ3n) is 6.36. The van der Waals surface area contributed by atoms with Gasteiger partial charge in [0.25, 0.3) is 0 Å². The van der Waals surface area contributed by atoms with Gasteiger partial charge in [0.2, 0.25) is 5.95 Å². The average Bonchev–Trinajstić information content (AvgIpc) is 3.35. The molecule has 0 saturated carbocycles. The molecule has 2 aliphatic rings. The Morgan fingerprint density at radius 3 is 2.37 bits per heavy atom. The SMILES string of the molecule is CN1CCN(c2ccc(Nc3ncc(C(F)(F)F)c(N4OCC[C@@H]4c4ccccc4)n3)cc2)CC1. The number of hydrogen-bond donors (Lipinski definition) is 1. The van der Waals surface area contributed by atoms with Gasteiger partial charge in [-0.2, -0.15) is 18.2 Å². The van der Waals surface area contributed by atoms with Crippen LogP contribution in [-0.2, 0) is 11.0 Å². The maximum atomic E-state index is 13.8. The van der Waals surface area contributed by atoms with E-state index in [0.29, 0.717) is 18.7 Å². The molecule has 3 heterocycles. The number of nitrogens with one attached hydrogen (secondary N) is 1. The summed E-state index contributed by atoms with van der Waals surface area (Å²) < 4.78 is 41.5. The van der Waals surface area contributed by atoms with Crippen LogP contribution in [0.2, 0.25) is 0 Å². The highest BCUT2D eigenvalue weighted by molar-refractivity contribution is 5.61. The predicted octanol–water partition coefficient (Wildman–Crippen LogP) is 4.87. The number of benzene rings is 2. The van der Waals surface area contributed by atoms with Gasteiger partial charge in [0, 0.05) is 50.2 Å². The summed E-state index contributed by atoms with van der Waals surface area (Å²) in [6.07, 6.45) is -3.25. The number of aromatic nitrogens is 2. The molecule has 184 valence electrons. The van der Waals surface area contributed by atoms with Crippen molar-refractivity contribution in [3.05, 3.63) is 71.9 Å². The molecule has 0 radical (unpaired) electrons. The smallest absolute Gasteiger partial charge is 0.369 e. The van der Waals surface area contributed by atoms with Gasteiger partial charge in [0.15, 0.2) is 5.82 Å². The van der Waals surface area contributed by atoms with Gasteiger partial charge >= 0.3 is 6.18 Å². The van der Waals surface area contributed by atoms with Crippen molar-refractivity contribution in [1.82, 2.24) is 14.9 Å². The van der Waals surface area contributed by atoms with E-state index in [9.17, 15) is 13.2 Å². The maximum absolute atomic E-state index is 13.8. The third kappa shape index (κ3) is 5.18. The van der Waals surface area contributed by atoms with E-state index in [1.807, 2.05) is 54.6 Å². The second-order valence-electron chi connectivity index (χ2n) is 8.77. The number of piperazine rings is 1. The van der Waals surface area contributed by atoms with Crippen LogP contribution in [0, 0.1) is 0 Å². The Morgan fingerprint density at radius 2 is 1.69 bits per heavy atom. The van der Waals surface area contributed by atoms with E-state index in [2.05, 4.69) is 32.1 Å². The highest BCUT2D eigenvalue weighted by atomic mass is 19.4. The van der Waals surface area contributed by atoms with E-state index >= 15 is 0 Å². The van der Waals surface area contributed by atoms with Crippen LogP contribution < -0.4 is 15.3 Å². The number of hydrogen-bond acceptors (Lipinski definition) is 7. The van der Waals surface area contributed by atoms with Gasteiger partial charge in [-0.25, -0.2) is 10.0 Å². The first-order valence-corrected chi connectivity index (χ1v) is 11.6. The number of halogens is 3. The molecule has 1 atom stereocenters. The number of hydroxylamine groups is 1. The van der Waals surface area contributed by atoms with Gasteiger partial charge in [-0.05, 0) is 36.9 Å². The predicted molar refractivity (Wildman–Crippen MR) is 129 cm³/mol. The summed E-state index contributed by atoms with van der Waals surface area (Å²) in [5, 5.41) is 4.31. The van der Waals surface area contributed by atoms with Crippen LogP contribution >= 0.6 is 0 Å². The van der Waals surface area contributed by atoms with Gasteiger partial charge < -0.3 is 15.1 Å². The third-order valence-corrected chi connectivity index (χ3v) is 6.36. The Kier molecular flexibility index (Phi) is 6.48. The Bertz CT molecular complexity index is 1130. The van der Waals surface area contributed by atoms with Crippen molar-refractivity contribution < 1.29 is 18.0 Å². The monoisotopic (exact) mass is 484 g/mol. The molecule has 2 saturated heterocycles. The van der Waals surface area contributed by atoms with Crippen LogP contribution in [-0.4, -0.2) is 54.7 Å². The molecule has 35 heavy (non-hydrogen) atoms. The second kappa shape index (κ2) is 9.71. The molecule has 0 amide bonds. The van der Waals surface area contributed by atoms with Gasteiger partial charge in [-0.3, -0.25) is 4.84 Å². The molecule has 1 aromatic heterocycles. The summed E-state index contributed by atoms with van der Waals surface area (Å²) in [6, 6.07) is 16.7. The van der Waals surface area contributed by atoms with Crippen molar-refractivity contribution in [3.8, 4) is 0 Å². The summed E-state index contributed by atoms with van der Waals surface area (Å²) in [4.78, 5) is 18.5. The minimum atomic E-state index is -4.62. The minimum absolute atomic E-state index is 0.0719. The van der Waals surface area contributed by atoms with Crippen molar-refractivity contribution in [3.63, 3.8) is 0 Å². The lowest BCUT2D eigenvalue weighted by Gasteiger charge is -2.34. The van der Waals surface area contributed by atoms with Crippen LogP contribution in [0.5, 0.6) is 0 Å². The molecule has 0 aliphatic carbocycles. The van der Waals surface area contributed by atoms with Crippen molar-refractivity contribution >= 4 is 23.1 Å². The lowest BCUT2D eigenvalue weighted by atomic mass is 10.0. The van der Waals surface area contributed by atoms with Crippen LogP contribution in [0.4, 0.5) is 36.3 Å². The Morgan fingerprint density at radius 1 is 0.971 bits per heavy atom. The van der Waals surface area contributed by atoms with Crippen molar-refractivity contribution in [1.29, 1.82) is 0 Å². The summed E-state index contributed by atoms with van der Waals surface area (Å²) in [5.41, 5.74) is 1.73. The van der Waals surface area contributed by atoms with Crippen molar-refractivity contribution in [2.45, 2.75) is 18.6 Å². The highest BCUT2D eigenvalue weighted by Gasteiger charge is 2.40. The van der Waals surface area contributed by atoms with E-state index < -0.39 is 11.7 Å². The van der Waals surface area contributed by atoms with Crippen LogP contribution in [0.3, 0.4) is 0 Å². The number of alkyl halides is 3. The molecule has 0 spiro atoms. The van der Waals surface area contributed by atoms with Crippen molar-refractivity contribution in [2.24, 2.45) is 0 Å². The zero-order chi connectivity index (χ0) is 24.4. The topological polar surface area (TPSA) is 56.8 Å². The first-order valence-electron chi connectivity index (χ1n) is 11.6. The van der Waals surface area contributed by atoms with Crippen LogP contribution in [0.15, 0.2) is 60.8 Å². The molecular formula is C25H27F3N6O. The summed E-state index contributed by atoms with van der Waals surface area (Å²) in [7, 11) is 2.11. The molecule has 7 nitrogen and oxygen atoms in total. The van der Waals surface area contributed by atoms with Crippen LogP contribution in [0.1, 0.15) is 23.6 Å². The first-order chi connectivity index (χ1) is 16.9. The quantitative estimate of drug-likeness (QED) is 0.554. The lowest BCUT2D eigenvalue weighted by molar-refractivity contribution is -0.138. The fraction of sp³-hybridized carbons (Fsp3) is 0.360. The molecule has 2 aromatic carbocycles. The molecule has 3 aromatic rings. The molecule has 0 unspecified atom stereocenters. The standard InChI is InChI=1S/C25H27F3N6O/c1-32-12-14-33(15-13-32)20-9-7-19(8-10-20)30-24-29-17-21(25(26,27)28)23(31-24)34-22(11-16-35-34)18-5-3-2-4-6-18/h2-10,17,22H,11-16H2,1H3,(H,29,30,31)/t22-/m1/s1. The zero-order valence-electron chi connectivity index (χ0n) is 19.4. The number of anilines is 4. The fourth-order valence-corrected chi connectivity index (χ4v) is 4.41. The molecule has 2 fully saturated rings. The Balaban J connectivity index is 1.39. The van der Waals surface area contributed by atoms with Gasteiger partial charge in [0.1, 0.15) is 5.56 Å². The molecule has 10 heteroatoms. The Labute approximate surface area is 202 Å². The fourth-order valence-electron chi connectivity index (χ4n) is 4.41. The molecular weight excluding hydrogens is 457 g/mol. The zero-order valence-corrected chi connectivity index (χ0v) is 19.4. The Hall–Kier alpha value is -3.37. The summed E-state index contributed by atoms with van der Waals surface area (Å²) in [5.74, 6) is -0.224. The van der Waals surface area contributed by atoms with E-state index in [1.54, 1.807) is 0 Å². The maximum Gasteiger partial charge on any atom is 0.421 e. The summed E-state index contributed by atoms with van der Waals surface area (Å²) >= 11 is 0. The van der Waals surface area contributed by atoms with Gasteiger partial charge in [-0.1, -0.05) is 30.3 Å². The van der Waals surface area contributed by atoms with Crippen LogP contribution in [0.25, 0.3) is 0 Å². The van der Waals surface area contributed by atoms with Gasteiger partial charge in [0.05, 0.1) is 12.6 Å². The molecule has 1 N–H and O–H groups in total. The lowest BCUT2D eigenvalue weighted by Crippen LogP contribution is -2.44. The van der Waals surface area contributed by atoms with E-state index in [1.165, 1.54) is 5.06 Å². The van der Waals surface area contributed by atoms with E-state index in [-0.39, 0.29) is 17.8 Å². The highest BCUT2D eigenvalue weighted by Crippen LogP contribution is 2.41. The number of nitrogens with zero attached hydrogens (tertiary/aromatic N) is 5. The average molecular weight is 485 g/mol. The normalized spacial score (nSPS) is 19.3. The first kappa shape index (κ1) is 23.4. The molecule has 5 rings (SSSR count). The van der Waals surface area contributed by atoms with Gasteiger partial charge in [-0.15, -0.1) is 0 Å².